The Kier molecular flexibility index (Phi) is 4.61. The summed E-state index contributed by atoms with van der Waals surface area (Å²) in [6.07, 6.45) is -4.37. The summed E-state index contributed by atoms with van der Waals surface area (Å²) in [4.78, 5) is 13.6. The van der Waals surface area contributed by atoms with E-state index in [4.69, 9.17) is 0 Å². The van der Waals surface area contributed by atoms with Crippen LogP contribution < -0.4 is 10.6 Å². The van der Waals surface area contributed by atoms with E-state index in [0.29, 0.717) is 13.1 Å². The van der Waals surface area contributed by atoms with Crippen molar-refractivity contribution in [3.63, 3.8) is 0 Å². The lowest BCUT2D eigenvalue weighted by atomic mass is 9.97. The number of amides is 1. The molecule has 1 unspecified atom stereocenters. The van der Waals surface area contributed by atoms with Gasteiger partial charge in [0.15, 0.2) is 0 Å². The van der Waals surface area contributed by atoms with Gasteiger partial charge in [-0.2, -0.15) is 13.2 Å². The Bertz CT molecular complexity index is 304. The van der Waals surface area contributed by atoms with Crippen molar-refractivity contribution in [3.8, 4) is 0 Å². The fourth-order valence-electron chi connectivity index (χ4n) is 2.19. The SMILES string of the molecule is CC(C(=O)NCC(F)(F)F)N1CCNCC1(C)C. The molecule has 4 nitrogen and oxygen atoms in total. The number of hydrogen-bond acceptors (Lipinski definition) is 3. The van der Waals surface area contributed by atoms with Crippen molar-refractivity contribution < 1.29 is 18.0 Å². The van der Waals surface area contributed by atoms with Gasteiger partial charge in [0.1, 0.15) is 6.54 Å². The van der Waals surface area contributed by atoms with Crippen molar-refractivity contribution in [2.45, 2.75) is 38.5 Å². The van der Waals surface area contributed by atoms with Gasteiger partial charge in [-0.1, -0.05) is 0 Å². The quantitative estimate of drug-likeness (QED) is 0.792. The molecule has 0 bridgehead atoms. The van der Waals surface area contributed by atoms with E-state index in [1.165, 1.54) is 0 Å². The van der Waals surface area contributed by atoms with E-state index < -0.39 is 24.7 Å². The van der Waals surface area contributed by atoms with Gasteiger partial charge in [-0.05, 0) is 20.8 Å². The van der Waals surface area contributed by atoms with Crippen molar-refractivity contribution >= 4 is 5.91 Å². The first-order chi connectivity index (χ1) is 8.13. The second kappa shape index (κ2) is 5.44. The van der Waals surface area contributed by atoms with Crippen LogP contribution in [-0.2, 0) is 4.79 Å². The summed E-state index contributed by atoms with van der Waals surface area (Å²) in [7, 11) is 0. The third kappa shape index (κ3) is 4.13. The number of alkyl halides is 3. The molecule has 0 aromatic carbocycles. The summed E-state index contributed by atoms with van der Waals surface area (Å²) in [5, 5.41) is 5.13. The second-order valence-electron chi connectivity index (χ2n) is 5.19. The average Bonchev–Trinajstić information content (AvgIpc) is 2.23. The van der Waals surface area contributed by atoms with Gasteiger partial charge in [-0.25, -0.2) is 0 Å². The minimum absolute atomic E-state index is 0.243. The zero-order valence-electron chi connectivity index (χ0n) is 10.9. The molecule has 2 N–H and O–H groups in total. The molecule has 1 amide bonds. The molecule has 18 heavy (non-hydrogen) atoms. The van der Waals surface area contributed by atoms with Crippen LogP contribution in [0.15, 0.2) is 0 Å². The molecule has 1 saturated heterocycles. The molecule has 0 saturated carbocycles. The summed E-state index contributed by atoms with van der Waals surface area (Å²) < 4.78 is 36.1. The molecule has 0 aromatic heterocycles. The molecule has 1 fully saturated rings. The summed E-state index contributed by atoms with van der Waals surface area (Å²) >= 11 is 0. The number of halogens is 3. The monoisotopic (exact) mass is 267 g/mol. The zero-order valence-corrected chi connectivity index (χ0v) is 10.9. The van der Waals surface area contributed by atoms with Crippen LogP contribution in [-0.4, -0.2) is 54.7 Å². The minimum atomic E-state index is -4.37. The number of piperazine rings is 1. The highest BCUT2D eigenvalue weighted by atomic mass is 19.4. The summed E-state index contributed by atoms with van der Waals surface area (Å²) in [6.45, 7) is 6.39. The fraction of sp³-hybridized carbons (Fsp3) is 0.909. The van der Waals surface area contributed by atoms with Crippen molar-refractivity contribution in [1.82, 2.24) is 15.5 Å². The topological polar surface area (TPSA) is 44.4 Å². The van der Waals surface area contributed by atoms with Crippen molar-refractivity contribution in [1.29, 1.82) is 0 Å². The van der Waals surface area contributed by atoms with Crippen LogP contribution in [0.5, 0.6) is 0 Å². The number of hydrogen-bond donors (Lipinski definition) is 2. The van der Waals surface area contributed by atoms with Gasteiger partial charge >= 0.3 is 6.18 Å². The number of nitrogens with one attached hydrogen (secondary N) is 2. The lowest BCUT2D eigenvalue weighted by Crippen LogP contribution is -2.63. The van der Waals surface area contributed by atoms with Crippen LogP contribution >= 0.6 is 0 Å². The molecule has 1 aliphatic heterocycles. The maximum Gasteiger partial charge on any atom is 0.405 e. The smallest absolute Gasteiger partial charge is 0.346 e. The molecule has 1 atom stereocenters. The highest BCUT2D eigenvalue weighted by Gasteiger charge is 2.36. The maximum atomic E-state index is 12.0. The van der Waals surface area contributed by atoms with E-state index in [-0.39, 0.29) is 5.54 Å². The van der Waals surface area contributed by atoms with Crippen LogP contribution in [0.25, 0.3) is 0 Å². The Morgan fingerprint density at radius 2 is 2.11 bits per heavy atom. The highest BCUT2D eigenvalue weighted by Crippen LogP contribution is 2.20. The molecular weight excluding hydrogens is 247 g/mol. The van der Waals surface area contributed by atoms with Crippen LogP contribution in [0, 0.1) is 0 Å². The van der Waals surface area contributed by atoms with E-state index in [1.807, 2.05) is 24.1 Å². The first-order valence-corrected chi connectivity index (χ1v) is 5.95. The molecule has 7 heteroatoms. The number of rotatable bonds is 3. The highest BCUT2D eigenvalue weighted by molar-refractivity contribution is 5.81. The van der Waals surface area contributed by atoms with Gasteiger partial charge in [0.25, 0.3) is 0 Å². The Morgan fingerprint density at radius 1 is 1.50 bits per heavy atom. The Morgan fingerprint density at radius 3 is 2.61 bits per heavy atom. The standard InChI is InChI=1S/C11H20F3N3O/c1-8(9(18)16-7-11(12,13)14)17-5-4-15-6-10(17,2)3/h8,15H,4-7H2,1-3H3,(H,16,18). The summed E-state index contributed by atoms with van der Waals surface area (Å²) in [6, 6.07) is -0.565. The maximum absolute atomic E-state index is 12.0. The fourth-order valence-corrected chi connectivity index (χ4v) is 2.19. The third-order valence-corrected chi connectivity index (χ3v) is 3.17. The first-order valence-electron chi connectivity index (χ1n) is 5.95. The van der Waals surface area contributed by atoms with Crippen molar-refractivity contribution in [3.05, 3.63) is 0 Å². The largest absolute Gasteiger partial charge is 0.405 e. The van der Waals surface area contributed by atoms with Crippen LogP contribution in [0.1, 0.15) is 20.8 Å². The van der Waals surface area contributed by atoms with E-state index in [9.17, 15) is 18.0 Å². The van der Waals surface area contributed by atoms with Gasteiger partial charge in [0.2, 0.25) is 5.91 Å². The molecule has 1 aliphatic rings. The van der Waals surface area contributed by atoms with Gasteiger partial charge in [0, 0.05) is 25.2 Å². The number of carbonyl (C=O) groups excluding carboxylic acids is 1. The zero-order chi connectivity index (χ0) is 14.0. The lowest BCUT2D eigenvalue weighted by Gasteiger charge is -2.45. The van der Waals surface area contributed by atoms with E-state index in [0.717, 1.165) is 6.54 Å². The third-order valence-electron chi connectivity index (χ3n) is 3.17. The lowest BCUT2D eigenvalue weighted by molar-refractivity contribution is -0.142. The van der Waals surface area contributed by atoms with E-state index in [2.05, 4.69) is 5.32 Å². The Balaban J connectivity index is 2.57. The van der Waals surface area contributed by atoms with Gasteiger partial charge in [0.05, 0.1) is 6.04 Å². The molecular formula is C11H20F3N3O. The van der Waals surface area contributed by atoms with Crippen molar-refractivity contribution in [2.24, 2.45) is 0 Å². The number of carbonyl (C=O) groups is 1. The normalized spacial score (nSPS) is 22.6. The van der Waals surface area contributed by atoms with Crippen molar-refractivity contribution in [2.75, 3.05) is 26.2 Å². The number of nitrogens with zero attached hydrogens (tertiary/aromatic N) is 1. The first kappa shape index (κ1) is 15.2. The van der Waals surface area contributed by atoms with Crippen LogP contribution in [0.2, 0.25) is 0 Å². The van der Waals surface area contributed by atoms with Gasteiger partial charge in [-0.3, -0.25) is 9.69 Å². The summed E-state index contributed by atoms with van der Waals surface area (Å²) in [5.74, 6) is -0.581. The average molecular weight is 267 g/mol. The van der Waals surface area contributed by atoms with E-state index in [1.54, 1.807) is 6.92 Å². The van der Waals surface area contributed by atoms with Crippen LogP contribution in [0.4, 0.5) is 13.2 Å². The molecule has 1 heterocycles. The molecule has 0 spiro atoms. The molecule has 0 aliphatic carbocycles. The molecule has 106 valence electrons. The summed E-state index contributed by atoms with van der Waals surface area (Å²) in [5.41, 5.74) is -0.243. The van der Waals surface area contributed by atoms with E-state index >= 15 is 0 Å². The molecule has 0 aromatic rings. The molecule has 0 radical (unpaired) electrons. The Labute approximate surface area is 105 Å². The second-order valence-corrected chi connectivity index (χ2v) is 5.19. The van der Waals surface area contributed by atoms with Crippen LogP contribution in [0.3, 0.4) is 0 Å². The molecule has 1 rings (SSSR count). The predicted molar refractivity (Wildman–Crippen MR) is 62.2 cm³/mol. The minimum Gasteiger partial charge on any atom is -0.346 e. The Hall–Kier alpha value is -0.820. The predicted octanol–water partition coefficient (Wildman–Crippen LogP) is 0.737. The van der Waals surface area contributed by atoms with Gasteiger partial charge < -0.3 is 10.6 Å². The van der Waals surface area contributed by atoms with Gasteiger partial charge in [-0.15, -0.1) is 0 Å².